The molecule has 0 aliphatic carbocycles. The van der Waals surface area contributed by atoms with Crippen molar-refractivity contribution in [2.24, 2.45) is 5.92 Å². The number of carbonyl (C=O) groups excluding carboxylic acids is 1. The summed E-state index contributed by atoms with van der Waals surface area (Å²) in [4.78, 5) is 16.3. The van der Waals surface area contributed by atoms with Crippen LogP contribution in [0.1, 0.15) is 32.6 Å². The third-order valence-corrected chi connectivity index (χ3v) is 4.19. The summed E-state index contributed by atoms with van der Waals surface area (Å²) in [5, 5.41) is 3.27. The van der Waals surface area contributed by atoms with E-state index in [1.807, 2.05) is 4.90 Å². The number of hydrogen-bond acceptors (Lipinski definition) is 3. The Hall–Kier alpha value is -0.610. The van der Waals surface area contributed by atoms with Gasteiger partial charge in [-0.15, -0.1) is 0 Å². The van der Waals surface area contributed by atoms with Crippen LogP contribution in [0.3, 0.4) is 0 Å². The fourth-order valence-electron chi connectivity index (χ4n) is 2.80. The maximum Gasteiger partial charge on any atom is 0.240 e. The van der Waals surface area contributed by atoms with Gasteiger partial charge in [-0.05, 0) is 51.7 Å². The summed E-state index contributed by atoms with van der Waals surface area (Å²) < 4.78 is 0. The highest BCUT2D eigenvalue weighted by Gasteiger charge is 2.29. The molecule has 2 aliphatic heterocycles. The summed E-state index contributed by atoms with van der Waals surface area (Å²) in [7, 11) is 2.19. The average Bonchev–Trinajstić information content (AvgIpc) is 2.69. The first-order valence-electron chi connectivity index (χ1n) is 6.91. The number of nitrogens with zero attached hydrogens (tertiary/aromatic N) is 2. The molecule has 17 heavy (non-hydrogen) atoms. The Morgan fingerprint density at radius 2 is 2.06 bits per heavy atom. The van der Waals surface area contributed by atoms with E-state index in [-0.39, 0.29) is 6.04 Å². The molecular weight excluding hydrogens is 214 g/mol. The first-order chi connectivity index (χ1) is 8.20. The molecule has 2 fully saturated rings. The van der Waals surface area contributed by atoms with Crippen LogP contribution in [-0.2, 0) is 4.79 Å². The van der Waals surface area contributed by atoms with Gasteiger partial charge >= 0.3 is 0 Å². The second-order valence-corrected chi connectivity index (χ2v) is 5.46. The zero-order valence-electron chi connectivity index (χ0n) is 11.1. The van der Waals surface area contributed by atoms with Gasteiger partial charge in [-0.3, -0.25) is 10.1 Å². The number of carbonyl (C=O) groups is 1. The Kier molecular flexibility index (Phi) is 4.40. The van der Waals surface area contributed by atoms with E-state index in [1.54, 1.807) is 0 Å². The SMILES string of the molecule is CCC1NCN(CCC2CCN(C)CC2)C1=O. The maximum absolute atomic E-state index is 11.9. The zero-order valence-corrected chi connectivity index (χ0v) is 11.1. The molecule has 0 radical (unpaired) electrons. The Labute approximate surface area is 104 Å². The van der Waals surface area contributed by atoms with Crippen LogP contribution < -0.4 is 5.32 Å². The molecule has 98 valence electrons. The molecule has 0 aromatic carbocycles. The molecule has 0 aromatic rings. The number of rotatable bonds is 4. The first kappa shape index (κ1) is 12.8. The van der Waals surface area contributed by atoms with Crippen molar-refractivity contribution in [1.82, 2.24) is 15.1 Å². The zero-order chi connectivity index (χ0) is 12.3. The van der Waals surface area contributed by atoms with E-state index in [0.29, 0.717) is 5.91 Å². The van der Waals surface area contributed by atoms with E-state index in [4.69, 9.17) is 0 Å². The molecule has 4 nitrogen and oxygen atoms in total. The standard InChI is InChI=1S/C13H25N3O/c1-3-12-13(17)16(10-14-12)9-6-11-4-7-15(2)8-5-11/h11-12,14H,3-10H2,1-2H3. The van der Waals surface area contributed by atoms with Crippen molar-refractivity contribution in [2.75, 3.05) is 33.4 Å². The predicted octanol–water partition coefficient (Wildman–Crippen LogP) is 0.886. The summed E-state index contributed by atoms with van der Waals surface area (Å²) in [5.74, 6) is 1.13. The van der Waals surface area contributed by atoms with E-state index >= 15 is 0 Å². The van der Waals surface area contributed by atoms with Gasteiger partial charge in [0.1, 0.15) is 0 Å². The van der Waals surface area contributed by atoms with Crippen molar-refractivity contribution < 1.29 is 4.79 Å². The summed E-state index contributed by atoms with van der Waals surface area (Å²) in [6.45, 7) is 6.19. The molecule has 1 amide bonds. The number of amides is 1. The van der Waals surface area contributed by atoms with Crippen molar-refractivity contribution in [1.29, 1.82) is 0 Å². The molecule has 0 saturated carbocycles. The number of likely N-dealkylation sites (tertiary alicyclic amines) is 1. The molecule has 0 aromatic heterocycles. The normalized spacial score (nSPS) is 28.0. The highest BCUT2D eigenvalue weighted by molar-refractivity contribution is 5.83. The lowest BCUT2D eigenvalue weighted by Gasteiger charge is -2.29. The van der Waals surface area contributed by atoms with Gasteiger partial charge in [-0.25, -0.2) is 0 Å². The van der Waals surface area contributed by atoms with Crippen LogP contribution in [0.5, 0.6) is 0 Å². The molecular formula is C13H25N3O. The van der Waals surface area contributed by atoms with Gasteiger partial charge in [0, 0.05) is 6.54 Å². The lowest BCUT2D eigenvalue weighted by atomic mass is 9.93. The van der Waals surface area contributed by atoms with Crippen LogP contribution in [0.2, 0.25) is 0 Å². The Bertz CT molecular complexity index is 261. The van der Waals surface area contributed by atoms with E-state index in [2.05, 4.69) is 24.2 Å². The van der Waals surface area contributed by atoms with Crippen LogP contribution >= 0.6 is 0 Å². The monoisotopic (exact) mass is 239 g/mol. The number of nitrogens with one attached hydrogen (secondary N) is 1. The van der Waals surface area contributed by atoms with Crippen molar-refractivity contribution >= 4 is 5.91 Å². The summed E-state index contributed by atoms with van der Waals surface area (Å²) in [5.41, 5.74) is 0. The van der Waals surface area contributed by atoms with Gasteiger partial charge < -0.3 is 9.80 Å². The fourth-order valence-corrected chi connectivity index (χ4v) is 2.80. The Balaban J connectivity index is 1.70. The molecule has 1 unspecified atom stereocenters. The molecule has 0 spiro atoms. The molecule has 2 aliphatic rings. The van der Waals surface area contributed by atoms with Crippen molar-refractivity contribution in [3.63, 3.8) is 0 Å². The fraction of sp³-hybridized carbons (Fsp3) is 0.923. The van der Waals surface area contributed by atoms with Crippen LogP contribution in [0, 0.1) is 5.92 Å². The van der Waals surface area contributed by atoms with Gasteiger partial charge in [0.25, 0.3) is 0 Å². The second kappa shape index (κ2) is 5.83. The molecule has 2 saturated heterocycles. The number of hydrogen-bond donors (Lipinski definition) is 1. The van der Waals surface area contributed by atoms with E-state index in [1.165, 1.54) is 32.4 Å². The van der Waals surface area contributed by atoms with Gasteiger partial charge in [-0.2, -0.15) is 0 Å². The molecule has 1 N–H and O–H groups in total. The van der Waals surface area contributed by atoms with Crippen molar-refractivity contribution in [3.8, 4) is 0 Å². The van der Waals surface area contributed by atoms with Crippen LogP contribution in [-0.4, -0.2) is 55.1 Å². The molecule has 4 heteroatoms. The minimum Gasteiger partial charge on any atom is -0.329 e. The minimum absolute atomic E-state index is 0.0764. The Morgan fingerprint density at radius 3 is 2.65 bits per heavy atom. The van der Waals surface area contributed by atoms with Gasteiger partial charge in [-0.1, -0.05) is 6.92 Å². The van der Waals surface area contributed by atoms with Crippen molar-refractivity contribution in [2.45, 2.75) is 38.6 Å². The topological polar surface area (TPSA) is 35.6 Å². The number of piperidine rings is 1. The summed E-state index contributed by atoms with van der Waals surface area (Å²) in [6, 6.07) is 0.0764. The molecule has 2 rings (SSSR count). The quantitative estimate of drug-likeness (QED) is 0.791. The lowest BCUT2D eigenvalue weighted by Crippen LogP contribution is -2.34. The van der Waals surface area contributed by atoms with Crippen LogP contribution in [0.15, 0.2) is 0 Å². The minimum atomic E-state index is 0.0764. The van der Waals surface area contributed by atoms with Gasteiger partial charge in [0.2, 0.25) is 5.91 Å². The van der Waals surface area contributed by atoms with Gasteiger partial charge in [0.05, 0.1) is 12.7 Å². The summed E-state index contributed by atoms with van der Waals surface area (Å²) >= 11 is 0. The van der Waals surface area contributed by atoms with Crippen molar-refractivity contribution in [3.05, 3.63) is 0 Å². The largest absolute Gasteiger partial charge is 0.329 e. The predicted molar refractivity (Wildman–Crippen MR) is 68.6 cm³/mol. The molecule has 2 heterocycles. The van der Waals surface area contributed by atoms with E-state index in [9.17, 15) is 4.79 Å². The average molecular weight is 239 g/mol. The third-order valence-electron chi connectivity index (χ3n) is 4.19. The highest BCUT2D eigenvalue weighted by Crippen LogP contribution is 2.20. The maximum atomic E-state index is 11.9. The Morgan fingerprint density at radius 1 is 1.35 bits per heavy atom. The lowest BCUT2D eigenvalue weighted by molar-refractivity contribution is -0.129. The van der Waals surface area contributed by atoms with E-state index < -0.39 is 0 Å². The highest BCUT2D eigenvalue weighted by atomic mass is 16.2. The van der Waals surface area contributed by atoms with E-state index in [0.717, 1.165) is 25.6 Å². The second-order valence-electron chi connectivity index (χ2n) is 5.46. The smallest absolute Gasteiger partial charge is 0.240 e. The third kappa shape index (κ3) is 3.19. The molecule has 0 bridgehead atoms. The van der Waals surface area contributed by atoms with Gasteiger partial charge in [0.15, 0.2) is 0 Å². The van der Waals surface area contributed by atoms with Crippen LogP contribution in [0.25, 0.3) is 0 Å². The summed E-state index contributed by atoms with van der Waals surface area (Å²) in [6.07, 6.45) is 4.67. The van der Waals surface area contributed by atoms with Crippen LogP contribution in [0.4, 0.5) is 0 Å². The first-order valence-corrected chi connectivity index (χ1v) is 6.91. The molecule has 1 atom stereocenters.